The molecule has 0 saturated carbocycles. The van der Waals surface area contributed by atoms with Crippen LogP contribution in [0.2, 0.25) is 0 Å². The van der Waals surface area contributed by atoms with Crippen molar-refractivity contribution in [1.82, 2.24) is 4.98 Å². The topological polar surface area (TPSA) is 12.9 Å². The summed E-state index contributed by atoms with van der Waals surface area (Å²) in [6.45, 7) is 1.92. The summed E-state index contributed by atoms with van der Waals surface area (Å²) in [4.78, 5) is 3.69. The van der Waals surface area contributed by atoms with Gasteiger partial charge in [-0.2, -0.15) is 4.39 Å². The molecule has 1 nitrogen and oxygen atoms in total. The van der Waals surface area contributed by atoms with E-state index in [1.54, 1.807) is 6.20 Å². The number of halogens is 1. The van der Waals surface area contributed by atoms with E-state index in [1.807, 2.05) is 19.1 Å². The first-order valence-electron chi connectivity index (χ1n) is 4.73. The van der Waals surface area contributed by atoms with Crippen molar-refractivity contribution in [3.8, 4) is 0 Å². The lowest BCUT2D eigenvalue weighted by atomic mass is 9.91. The van der Waals surface area contributed by atoms with Gasteiger partial charge in [-0.1, -0.05) is 24.3 Å². The maximum Gasteiger partial charge on any atom is 0.213 e. The van der Waals surface area contributed by atoms with Crippen molar-refractivity contribution in [1.29, 1.82) is 0 Å². The van der Waals surface area contributed by atoms with Gasteiger partial charge >= 0.3 is 0 Å². The molecule has 0 saturated heterocycles. The van der Waals surface area contributed by atoms with Gasteiger partial charge in [0.05, 0.1) is 0 Å². The van der Waals surface area contributed by atoms with Crippen molar-refractivity contribution in [3.05, 3.63) is 53.6 Å². The van der Waals surface area contributed by atoms with E-state index in [1.165, 1.54) is 6.07 Å². The van der Waals surface area contributed by atoms with Gasteiger partial charge in [-0.05, 0) is 30.5 Å². The average molecular weight is 189 g/mol. The zero-order chi connectivity index (χ0) is 9.97. The lowest BCUT2D eigenvalue weighted by Crippen LogP contribution is -2.01. The average Bonchev–Trinajstić information content (AvgIpc) is 2.19. The Balaban J connectivity index is 2.32. The Kier molecular flexibility index (Phi) is 2.44. The second-order valence-electron chi connectivity index (χ2n) is 3.52. The minimum atomic E-state index is -0.401. The Morgan fingerprint density at radius 2 is 2.29 bits per heavy atom. The van der Waals surface area contributed by atoms with Crippen LogP contribution >= 0.6 is 0 Å². The molecule has 2 heteroatoms. The van der Waals surface area contributed by atoms with Crippen LogP contribution in [-0.2, 0) is 0 Å². The summed E-state index contributed by atoms with van der Waals surface area (Å²) in [5.74, 6) is -0.0466. The van der Waals surface area contributed by atoms with Crippen molar-refractivity contribution in [2.45, 2.75) is 19.3 Å². The molecule has 1 aromatic heterocycles. The standard InChI is InChI=1S/C12H12FN/c1-9-7-12(13)14-8-11(9)10-5-3-2-4-6-10/h2-5,7-8,10H,6H2,1H3. The Morgan fingerprint density at radius 3 is 2.93 bits per heavy atom. The van der Waals surface area contributed by atoms with Gasteiger partial charge in [-0.3, -0.25) is 0 Å². The highest BCUT2D eigenvalue weighted by molar-refractivity contribution is 5.32. The van der Waals surface area contributed by atoms with Crippen LogP contribution in [0.15, 0.2) is 36.6 Å². The SMILES string of the molecule is Cc1cc(F)ncc1C1C=CC=CC1. The third-order valence-corrected chi connectivity index (χ3v) is 2.50. The maximum absolute atomic E-state index is 12.8. The number of hydrogen-bond acceptors (Lipinski definition) is 1. The Morgan fingerprint density at radius 1 is 1.43 bits per heavy atom. The third-order valence-electron chi connectivity index (χ3n) is 2.50. The van der Waals surface area contributed by atoms with Crippen LogP contribution in [0.4, 0.5) is 4.39 Å². The van der Waals surface area contributed by atoms with Crippen LogP contribution in [0.3, 0.4) is 0 Å². The number of allylic oxidation sites excluding steroid dienone is 4. The molecule has 2 rings (SSSR count). The number of pyridine rings is 1. The van der Waals surface area contributed by atoms with E-state index in [0.717, 1.165) is 17.5 Å². The van der Waals surface area contributed by atoms with Crippen LogP contribution in [0.5, 0.6) is 0 Å². The predicted octanol–water partition coefficient (Wildman–Crippen LogP) is 3.13. The summed E-state index contributed by atoms with van der Waals surface area (Å²) >= 11 is 0. The first-order valence-corrected chi connectivity index (χ1v) is 4.73. The molecule has 0 fully saturated rings. The highest BCUT2D eigenvalue weighted by Crippen LogP contribution is 2.26. The molecule has 0 spiro atoms. The monoisotopic (exact) mass is 189 g/mol. The largest absolute Gasteiger partial charge is 0.228 e. The summed E-state index contributed by atoms with van der Waals surface area (Å²) < 4.78 is 12.8. The maximum atomic E-state index is 12.8. The Hall–Kier alpha value is -1.44. The molecule has 0 bridgehead atoms. The molecule has 0 N–H and O–H groups in total. The fourth-order valence-electron chi connectivity index (χ4n) is 1.73. The summed E-state index contributed by atoms with van der Waals surface area (Å²) in [6.07, 6.45) is 10.9. The first kappa shape index (κ1) is 9.13. The number of rotatable bonds is 1. The molecule has 1 unspecified atom stereocenters. The number of aryl methyl sites for hydroxylation is 1. The molecular weight excluding hydrogens is 177 g/mol. The van der Waals surface area contributed by atoms with Gasteiger partial charge < -0.3 is 0 Å². The van der Waals surface area contributed by atoms with Crippen LogP contribution in [0.1, 0.15) is 23.5 Å². The number of nitrogens with zero attached hydrogens (tertiary/aromatic N) is 1. The van der Waals surface area contributed by atoms with Crippen molar-refractivity contribution < 1.29 is 4.39 Å². The minimum Gasteiger partial charge on any atom is -0.228 e. The van der Waals surface area contributed by atoms with Gasteiger partial charge in [0.15, 0.2) is 0 Å². The van der Waals surface area contributed by atoms with Crippen molar-refractivity contribution in [2.24, 2.45) is 0 Å². The molecule has 0 amide bonds. The van der Waals surface area contributed by atoms with E-state index in [4.69, 9.17) is 0 Å². The van der Waals surface area contributed by atoms with Crippen molar-refractivity contribution in [2.75, 3.05) is 0 Å². The molecule has 1 atom stereocenters. The van der Waals surface area contributed by atoms with Gasteiger partial charge in [-0.25, -0.2) is 4.98 Å². The van der Waals surface area contributed by atoms with Gasteiger partial charge in [0.1, 0.15) is 0 Å². The third kappa shape index (κ3) is 1.74. The molecule has 1 aromatic rings. The van der Waals surface area contributed by atoms with E-state index >= 15 is 0 Å². The van der Waals surface area contributed by atoms with Gasteiger partial charge in [0.25, 0.3) is 0 Å². The molecular formula is C12H12FN. The molecule has 0 aliphatic heterocycles. The van der Waals surface area contributed by atoms with E-state index in [-0.39, 0.29) is 0 Å². The van der Waals surface area contributed by atoms with Gasteiger partial charge in [-0.15, -0.1) is 0 Å². The molecule has 1 aliphatic carbocycles. The quantitative estimate of drug-likeness (QED) is 0.618. The second-order valence-corrected chi connectivity index (χ2v) is 3.52. The van der Waals surface area contributed by atoms with Crippen LogP contribution in [0, 0.1) is 12.9 Å². The summed E-state index contributed by atoms with van der Waals surface area (Å²) in [6, 6.07) is 1.49. The highest BCUT2D eigenvalue weighted by atomic mass is 19.1. The normalized spacial score (nSPS) is 20.0. The summed E-state index contributed by atoms with van der Waals surface area (Å²) in [7, 11) is 0. The zero-order valence-corrected chi connectivity index (χ0v) is 8.07. The van der Waals surface area contributed by atoms with E-state index in [2.05, 4.69) is 17.1 Å². The molecule has 1 aliphatic rings. The summed E-state index contributed by atoms with van der Waals surface area (Å²) in [5.41, 5.74) is 2.09. The number of aromatic nitrogens is 1. The molecule has 0 aromatic carbocycles. The van der Waals surface area contributed by atoms with Crippen molar-refractivity contribution >= 4 is 0 Å². The van der Waals surface area contributed by atoms with Gasteiger partial charge in [0, 0.05) is 12.1 Å². The number of hydrogen-bond donors (Lipinski definition) is 0. The van der Waals surface area contributed by atoms with Crippen LogP contribution in [0.25, 0.3) is 0 Å². The molecule has 72 valence electrons. The predicted molar refractivity (Wildman–Crippen MR) is 54.6 cm³/mol. The Bertz CT molecular complexity index is 393. The summed E-state index contributed by atoms with van der Waals surface area (Å²) in [5, 5.41) is 0. The zero-order valence-electron chi connectivity index (χ0n) is 8.07. The van der Waals surface area contributed by atoms with E-state index in [9.17, 15) is 4.39 Å². The molecule has 1 heterocycles. The fourth-order valence-corrected chi connectivity index (χ4v) is 1.73. The Labute approximate surface area is 83.0 Å². The second kappa shape index (κ2) is 3.74. The smallest absolute Gasteiger partial charge is 0.213 e. The van der Waals surface area contributed by atoms with Gasteiger partial charge in [0.2, 0.25) is 5.95 Å². The van der Waals surface area contributed by atoms with Crippen LogP contribution < -0.4 is 0 Å². The fraction of sp³-hybridized carbons (Fsp3) is 0.250. The van der Waals surface area contributed by atoms with E-state index < -0.39 is 5.95 Å². The minimum absolute atomic E-state index is 0.355. The molecule has 14 heavy (non-hydrogen) atoms. The van der Waals surface area contributed by atoms with Crippen LogP contribution in [-0.4, -0.2) is 4.98 Å². The highest BCUT2D eigenvalue weighted by Gasteiger charge is 2.11. The lowest BCUT2D eigenvalue weighted by molar-refractivity contribution is 0.579. The molecule has 0 radical (unpaired) electrons. The van der Waals surface area contributed by atoms with Crippen molar-refractivity contribution in [3.63, 3.8) is 0 Å². The first-order chi connectivity index (χ1) is 6.77. The lowest BCUT2D eigenvalue weighted by Gasteiger charge is -2.15. The van der Waals surface area contributed by atoms with E-state index in [0.29, 0.717) is 5.92 Å².